The first-order chi connectivity index (χ1) is 10.5. The number of aryl methyl sites for hydroxylation is 1. The number of hydrogen-bond acceptors (Lipinski definition) is 4. The Morgan fingerprint density at radius 1 is 1.27 bits per heavy atom. The molecule has 0 fully saturated rings. The summed E-state index contributed by atoms with van der Waals surface area (Å²) in [4.78, 5) is 24.1. The Hall–Kier alpha value is -2.15. The summed E-state index contributed by atoms with van der Waals surface area (Å²) in [5.41, 5.74) is 0.554. The fourth-order valence-electron chi connectivity index (χ4n) is 1.74. The molecule has 0 aliphatic carbocycles. The molecule has 1 heterocycles. The van der Waals surface area contributed by atoms with Crippen LogP contribution in [0.1, 0.15) is 5.69 Å². The van der Waals surface area contributed by atoms with Gasteiger partial charge in [-0.15, -0.1) is 11.8 Å². The number of carbonyl (C=O) groups is 1. The normalized spacial score (nSPS) is 10.5. The number of amides is 1. The maximum atomic E-state index is 12.8. The van der Waals surface area contributed by atoms with Crippen LogP contribution in [-0.4, -0.2) is 28.0 Å². The average molecular weight is 321 g/mol. The van der Waals surface area contributed by atoms with Crippen LogP contribution < -0.4 is 10.9 Å². The lowest BCUT2D eigenvalue weighted by Crippen LogP contribution is -2.32. The molecular formula is C15H16FN3O2S. The van der Waals surface area contributed by atoms with E-state index >= 15 is 0 Å². The van der Waals surface area contributed by atoms with Crippen molar-refractivity contribution in [2.75, 3.05) is 12.3 Å². The molecular weight excluding hydrogens is 305 g/mol. The lowest BCUT2D eigenvalue weighted by molar-refractivity contribution is -0.118. The molecule has 0 spiro atoms. The van der Waals surface area contributed by atoms with Crippen LogP contribution in [0.5, 0.6) is 0 Å². The molecule has 1 aromatic heterocycles. The number of nitrogens with zero attached hydrogens (tertiary/aromatic N) is 2. The van der Waals surface area contributed by atoms with Crippen molar-refractivity contribution in [3.63, 3.8) is 0 Å². The van der Waals surface area contributed by atoms with Gasteiger partial charge in [-0.1, -0.05) is 0 Å². The van der Waals surface area contributed by atoms with Gasteiger partial charge in [0.15, 0.2) is 0 Å². The molecule has 1 amide bonds. The molecule has 2 aromatic rings. The fourth-order valence-corrected chi connectivity index (χ4v) is 2.47. The summed E-state index contributed by atoms with van der Waals surface area (Å²) < 4.78 is 14.1. The van der Waals surface area contributed by atoms with Crippen LogP contribution in [0, 0.1) is 12.7 Å². The molecule has 0 bridgehead atoms. The van der Waals surface area contributed by atoms with E-state index in [0.29, 0.717) is 13.1 Å². The van der Waals surface area contributed by atoms with E-state index in [2.05, 4.69) is 10.4 Å². The van der Waals surface area contributed by atoms with E-state index in [1.807, 2.05) is 0 Å². The van der Waals surface area contributed by atoms with Crippen LogP contribution in [0.15, 0.2) is 46.1 Å². The van der Waals surface area contributed by atoms with Gasteiger partial charge in [0.1, 0.15) is 5.82 Å². The summed E-state index contributed by atoms with van der Waals surface area (Å²) in [7, 11) is 0. The third-order valence-corrected chi connectivity index (χ3v) is 3.84. The molecule has 7 heteroatoms. The standard InChI is InChI=1S/C15H16FN3O2S/c1-11-2-7-15(21)19(18-11)9-8-17-14(20)10-22-13-5-3-12(16)4-6-13/h2-7H,8-10H2,1H3,(H,17,20). The average Bonchev–Trinajstić information content (AvgIpc) is 2.50. The highest BCUT2D eigenvalue weighted by molar-refractivity contribution is 8.00. The molecule has 2 rings (SSSR count). The highest BCUT2D eigenvalue weighted by Gasteiger charge is 2.04. The highest BCUT2D eigenvalue weighted by atomic mass is 32.2. The summed E-state index contributed by atoms with van der Waals surface area (Å²) in [5.74, 6) is -0.207. The second kappa shape index (κ2) is 7.74. The van der Waals surface area contributed by atoms with Crippen LogP contribution in [0.25, 0.3) is 0 Å². The third-order valence-electron chi connectivity index (χ3n) is 2.83. The van der Waals surface area contributed by atoms with Crippen molar-refractivity contribution < 1.29 is 9.18 Å². The largest absolute Gasteiger partial charge is 0.354 e. The maximum Gasteiger partial charge on any atom is 0.266 e. The summed E-state index contributed by atoms with van der Waals surface area (Å²) in [6.07, 6.45) is 0. The lowest BCUT2D eigenvalue weighted by Gasteiger charge is -2.07. The van der Waals surface area contributed by atoms with Gasteiger partial charge in [0.05, 0.1) is 18.0 Å². The van der Waals surface area contributed by atoms with E-state index in [0.717, 1.165) is 10.6 Å². The number of carbonyl (C=O) groups excluding carboxylic acids is 1. The molecule has 1 N–H and O–H groups in total. The van der Waals surface area contributed by atoms with Crippen LogP contribution in [0.4, 0.5) is 4.39 Å². The van der Waals surface area contributed by atoms with Gasteiger partial charge in [-0.3, -0.25) is 9.59 Å². The zero-order valence-corrected chi connectivity index (χ0v) is 12.9. The number of benzene rings is 1. The van der Waals surface area contributed by atoms with Gasteiger partial charge in [0.2, 0.25) is 5.91 Å². The molecule has 0 atom stereocenters. The molecule has 0 radical (unpaired) electrons. The van der Waals surface area contributed by atoms with E-state index < -0.39 is 0 Å². The Labute approximate surface area is 131 Å². The second-order valence-electron chi connectivity index (χ2n) is 4.63. The Kier molecular flexibility index (Phi) is 5.71. The van der Waals surface area contributed by atoms with Crippen molar-refractivity contribution in [3.8, 4) is 0 Å². The Morgan fingerprint density at radius 3 is 2.73 bits per heavy atom. The molecule has 0 unspecified atom stereocenters. The van der Waals surface area contributed by atoms with Crippen molar-refractivity contribution in [2.24, 2.45) is 0 Å². The molecule has 116 valence electrons. The first-order valence-electron chi connectivity index (χ1n) is 6.74. The number of nitrogens with one attached hydrogen (secondary N) is 1. The van der Waals surface area contributed by atoms with Crippen LogP contribution in [0.3, 0.4) is 0 Å². The minimum absolute atomic E-state index is 0.143. The maximum absolute atomic E-state index is 12.8. The van der Waals surface area contributed by atoms with Gasteiger partial charge >= 0.3 is 0 Å². The first-order valence-corrected chi connectivity index (χ1v) is 7.73. The smallest absolute Gasteiger partial charge is 0.266 e. The third kappa shape index (κ3) is 5.00. The number of aromatic nitrogens is 2. The van der Waals surface area contributed by atoms with Gasteiger partial charge in [-0.25, -0.2) is 9.07 Å². The molecule has 0 saturated heterocycles. The van der Waals surface area contributed by atoms with Crippen molar-refractivity contribution >= 4 is 17.7 Å². The summed E-state index contributed by atoms with van der Waals surface area (Å²) in [6, 6.07) is 9.07. The van der Waals surface area contributed by atoms with Crippen molar-refractivity contribution in [1.29, 1.82) is 0 Å². The number of hydrogen-bond donors (Lipinski definition) is 1. The van der Waals surface area contributed by atoms with Gasteiger partial charge in [0, 0.05) is 17.5 Å². The van der Waals surface area contributed by atoms with Gasteiger partial charge < -0.3 is 5.32 Å². The Morgan fingerprint density at radius 2 is 2.00 bits per heavy atom. The Bertz CT molecular complexity index is 701. The molecule has 1 aromatic carbocycles. The minimum atomic E-state index is -0.301. The number of rotatable bonds is 6. The van der Waals surface area contributed by atoms with Crippen molar-refractivity contribution in [2.45, 2.75) is 18.4 Å². The molecule has 5 nitrogen and oxygen atoms in total. The van der Waals surface area contributed by atoms with Gasteiger partial charge in [0.25, 0.3) is 5.56 Å². The molecule has 0 aliphatic heterocycles. The first kappa shape index (κ1) is 16.2. The molecule has 22 heavy (non-hydrogen) atoms. The highest BCUT2D eigenvalue weighted by Crippen LogP contribution is 2.17. The monoisotopic (exact) mass is 321 g/mol. The number of thioether (sulfide) groups is 1. The summed E-state index contributed by atoms with van der Waals surface area (Å²) in [6.45, 7) is 2.46. The SMILES string of the molecule is Cc1ccc(=O)n(CCNC(=O)CSc2ccc(F)cc2)n1. The van der Waals surface area contributed by atoms with Gasteiger partial charge in [-0.2, -0.15) is 5.10 Å². The van der Waals surface area contributed by atoms with Crippen LogP contribution >= 0.6 is 11.8 Å². The molecule has 0 saturated carbocycles. The van der Waals surface area contributed by atoms with Crippen LogP contribution in [-0.2, 0) is 11.3 Å². The minimum Gasteiger partial charge on any atom is -0.354 e. The Balaban J connectivity index is 1.75. The lowest BCUT2D eigenvalue weighted by atomic mass is 10.4. The quantitative estimate of drug-likeness (QED) is 0.821. The summed E-state index contributed by atoms with van der Waals surface area (Å²) in [5, 5.41) is 6.81. The zero-order valence-electron chi connectivity index (χ0n) is 12.1. The summed E-state index contributed by atoms with van der Waals surface area (Å²) >= 11 is 1.33. The van der Waals surface area contributed by atoms with Gasteiger partial charge in [-0.05, 0) is 37.3 Å². The molecule has 0 aliphatic rings. The number of halogens is 1. The van der Waals surface area contributed by atoms with E-state index in [9.17, 15) is 14.0 Å². The second-order valence-corrected chi connectivity index (χ2v) is 5.68. The van der Waals surface area contributed by atoms with Crippen LogP contribution in [0.2, 0.25) is 0 Å². The fraction of sp³-hybridized carbons (Fsp3) is 0.267. The van der Waals surface area contributed by atoms with E-state index in [1.54, 1.807) is 25.1 Å². The van der Waals surface area contributed by atoms with Crippen molar-refractivity contribution in [1.82, 2.24) is 15.1 Å². The van der Waals surface area contributed by atoms with E-state index in [4.69, 9.17) is 0 Å². The van der Waals surface area contributed by atoms with E-state index in [1.165, 1.54) is 34.6 Å². The topological polar surface area (TPSA) is 64.0 Å². The predicted octanol–water partition coefficient (Wildman–Crippen LogP) is 1.60. The zero-order chi connectivity index (χ0) is 15.9. The van der Waals surface area contributed by atoms with Crippen molar-refractivity contribution in [3.05, 3.63) is 58.3 Å². The van der Waals surface area contributed by atoms with E-state index in [-0.39, 0.29) is 23.0 Å². The predicted molar refractivity (Wildman–Crippen MR) is 83.4 cm³/mol.